The van der Waals surface area contributed by atoms with Gasteiger partial charge in [-0.2, -0.15) is 0 Å². The van der Waals surface area contributed by atoms with E-state index in [4.69, 9.17) is 5.11 Å². The third-order valence-electron chi connectivity index (χ3n) is 4.92. The minimum absolute atomic E-state index is 0.104. The summed E-state index contributed by atoms with van der Waals surface area (Å²) in [4.78, 5) is 11.2. The summed E-state index contributed by atoms with van der Waals surface area (Å²) < 4.78 is 0. The lowest BCUT2D eigenvalue weighted by atomic mass is 9.95. The minimum Gasteiger partial charge on any atom is -0.508 e. The number of phenolic OH excluding ortho intramolecular Hbond substituents is 3. The number of benzene rings is 4. The molecule has 0 aromatic heterocycles. The molecule has 0 saturated heterocycles. The van der Waals surface area contributed by atoms with Crippen molar-refractivity contribution in [3.8, 4) is 28.4 Å². The van der Waals surface area contributed by atoms with E-state index >= 15 is 0 Å². The van der Waals surface area contributed by atoms with Gasteiger partial charge >= 0.3 is 5.97 Å². The molecule has 0 saturated carbocycles. The van der Waals surface area contributed by atoms with Crippen molar-refractivity contribution in [2.24, 2.45) is 0 Å². The quantitative estimate of drug-likeness (QED) is 0.399. The normalized spacial score (nSPS) is 10.9. The van der Waals surface area contributed by atoms with Crippen LogP contribution in [0.25, 0.3) is 21.9 Å². The fourth-order valence-electron chi connectivity index (χ4n) is 3.44. The van der Waals surface area contributed by atoms with E-state index in [2.05, 4.69) is 0 Å². The van der Waals surface area contributed by atoms with E-state index in [9.17, 15) is 20.1 Å². The Balaban J connectivity index is 1.80. The van der Waals surface area contributed by atoms with Gasteiger partial charge in [0, 0.05) is 17.2 Å². The van der Waals surface area contributed by atoms with Gasteiger partial charge in [-0.1, -0.05) is 36.4 Å². The molecule has 5 nitrogen and oxygen atoms in total. The molecule has 4 N–H and O–H groups in total. The van der Waals surface area contributed by atoms with Crippen LogP contribution < -0.4 is 0 Å². The van der Waals surface area contributed by atoms with Crippen LogP contribution >= 0.6 is 0 Å². The average molecular weight is 386 g/mol. The molecule has 0 radical (unpaired) electrons. The maximum absolute atomic E-state index is 11.2. The van der Waals surface area contributed by atoms with Crippen molar-refractivity contribution in [2.75, 3.05) is 0 Å². The second-order valence-electron chi connectivity index (χ2n) is 6.90. The first-order chi connectivity index (χ1) is 13.9. The summed E-state index contributed by atoms with van der Waals surface area (Å²) in [5.41, 5.74) is 3.09. The Kier molecular flexibility index (Phi) is 4.56. The maximum atomic E-state index is 11.2. The van der Waals surface area contributed by atoms with Crippen LogP contribution in [0.5, 0.6) is 17.2 Å². The Morgan fingerprint density at radius 1 is 0.690 bits per heavy atom. The predicted octanol–water partition coefficient (Wildman–Crippen LogP) is 4.91. The Bertz CT molecular complexity index is 1230. The second kappa shape index (κ2) is 7.20. The Morgan fingerprint density at radius 2 is 1.38 bits per heavy atom. The molecular weight excluding hydrogens is 368 g/mol. The number of carbonyl (C=O) groups is 1. The summed E-state index contributed by atoms with van der Waals surface area (Å²) in [7, 11) is 0. The van der Waals surface area contributed by atoms with E-state index in [1.54, 1.807) is 18.2 Å². The molecule has 0 bridgehead atoms. The van der Waals surface area contributed by atoms with Gasteiger partial charge in [0.1, 0.15) is 17.2 Å². The third-order valence-corrected chi connectivity index (χ3v) is 4.92. The lowest BCUT2D eigenvalue weighted by Crippen LogP contribution is -1.96. The highest BCUT2D eigenvalue weighted by Crippen LogP contribution is 2.38. The van der Waals surface area contributed by atoms with Gasteiger partial charge in [0.2, 0.25) is 0 Å². The number of carboxylic acids is 1. The van der Waals surface area contributed by atoms with Crippen LogP contribution in [-0.2, 0) is 6.42 Å². The number of hydrogen-bond donors (Lipinski definition) is 4. The molecule has 0 heterocycles. The zero-order valence-corrected chi connectivity index (χ0v) is 15.3. The van der Waals surface area contributed by atoms with Crippen LogP contribution in [0.1, 0.15) is 21.5 Å². The molecule has 0 spiro atoms. The SMILES string of the molecule is O=C(O)c1cc(O)c2cc(-c3ccc(O)c(Cc4ccccc4)c3)cc(O)c2c1. The number of aromatic hydroxyl groups is 3. The first kappa shape index (κ1) is 18.4. The van der Waals surface area contributed by atoms with E-state index in [1.807, 2.05) is 36.4 Å². The largest absolute Gasteiger partial charge is 0.508 e. The fourth-order valence-corrected chi connectivity index (χ4v) is 3.44. The number of phenols is 3. The zero-order valence-electron chi connectivity index (χ0n) is 15.3. The molecule has 4 aromatic carbocycles. The molecule has 29 heavy (non-hydrogen) atoms. The average Bonchev–Trinajstić information content (AvgIpc) is 2.70. The number of fused-ring (bicyclic) bond motifs is 1. The van der Waals surface area contributed by atoms with Gasteiger partial charge in [0.25, 0.3) is 0 Å². The summed E-state index contributed by atoms with van der Waals surface area (Å²) >= 11 is 0. The van der Waals surface area contributed by atoms with Gasteiger partial charge in [-0.05, 0) is 58.7 Å². The molecule has 4 aromatic rings. The molecule has 0 fully saturated rings. The first-order valence-electron chi connectivity index (χ1n) is 9.01. The lowest BCUT2D eigenvalue weighted by molar-refractivity contribution is 0.0696. The Morgan fingerprint density at radius 3 is 2.10 bits per heavy atom. The molecule has 4 rings (SSSR count). The van der Waals surface area contributed by atoms with Crippen molar-refractivity contribution >= 4 is 16.7 Å². The van der Waals surface area contributed by atoms with Crippen LogP contribution in [0, 0.1) is 0 Å². The van der Waals surface area contributed by atoms with Crippen LogP contribution in [0.4, 0.5) is 0 Å². The monoisotopic (exact) mass is 386 g/mol. The number of carboxylic acid groups (broad SMARTS) is 1. The predicted molar refractivity (Wildman–Crippen MR) is 111 cm³/mol. The molecular formula is C24H18O5. The van der Waals surface area contributed by atoms with Gasteiger partial charge in [0.05, 0.1) is 5.56 Å². The molecule has 5 heteroatoms. The van der Waals surface area contributed by atoms with Crippen molar-refractivity contribution < 1.29 is 25.2 Å². The molecule has 0 aliphatic carbocycles. The van der Waals surface area contributed by atoms with Gasteiger partial charge in [-0.15, -0.1) is 0 Å². The van der Waals surface area contributed by atoms with Gasteiger partial charge in [-0.3, -0.25) is 0 Å². The fraction of sp³-hybridized carbons (Fsp3) is 0.0417. The highest BCUT2D eigenvalue weighted by atomic mass is 16.4. The highest BCUT2D eigenvalue weighted by Gasteiger charge is 2.14. The minimum atomic E-state index is -1.19. The van der Waals surface area contributed by atoms with E-state index in [0.717, 1.165) is 22.8 Å². The summed E-state index contributed by atoms with van der Waals surface area (Å²) in [5.74, 6) is -1.36. The first-order valence-corrected chi connectivity index (χ1v) is 9.01. The third kappa shape index (κ3) is 3.58. The van der Waals surface area contributed by atoms with Crippen LogP contribution in [0.3, 0.4) is 0 Å². The van der Waals surface area contributed by atoms with E-state index in [1.165, 1.54) is 12.1 Å². The Hall–Kier alpha value is -3.99. The molecule has 0 atom stereocenters. The standard InChI is InChI=1S/C24H18O5/c25-21-7-6-15(9-17(21)8-14-4-2-1-3-5-14)16-10-19-20(22(26)12-16)11-18(24(28)29)13-23(19)27/h1-7,9-13,25-27H,8H2,(H,28,29). The molecule has 0 aliphatic heterocycles. The van der Waals surface area contributed by atoms with Crippen LogP contribution in [-0.4, -0.2) is 26.4 Å². The second-order valence-corrected chi connectivity index (χ2v) is 6.90. The van der Waals surface area contributed by atoms with E-state index in [0.29, 0.717) is 17.4 Å². The molecule has 144 valence electrons. The van der Waals surface area contributed by atoms with Crippen molar-refractivity contribution in [1.29, 1.82) is 0 Å². The number of hydrogen-bond acceptors (Lipinski definition) is 4. The highest BCUT2D eigenvalue weighted by molar-refractivity contribution is 6.01. The van der Waals surface area contributed by atoms with Crippen molar-refractivity contribution in [3.05, 3.63) is 89.5 Å². The summed E-state index contributed by atoms with van der Waals surface area (Å²) in [5, 5.41) is 40.7. The van der Waals surface area contributed by atoms with Crippen LogP contribution in [0.2, 0.25) is 0 Å². The van der Waals surface area contributed by atoms with Gasteiger partial charge in [0.15, 0.2) is 0 Å². The summed E-state index contributed by atoms with van der Waals surface area (Å²) in [6.07, 6.45) is 0.549. The van der Waals surface area contributed by atoms with Crippen molar-refractivity contribution in [1.82, 2.24) is 0 Å². The summed E-state index contributed by atoms with van der Waals surface area (Å²) in [6, 6.07) is 20.6. The van der Waals surface area contributed by atoms with Crippen molar-refractivity contribution in [2.45, 2.75) is 6.42 Å². The molecule has 0 aliphatic rings. The smallest absolute Gasteiger partial charge is 0.335 e. The number of aromatic carboxylic acids is 1. The van der Waals surface area contributed by atoms with E-state index in [-0.39, 0.29) is 28.2 Å². The molecule has 0 amide bonds. The topological polar surface area (TPSA) is 98.0 Å². The number of rotatable bonds is 4. The Labute approximate surface area is 166 Å². The van der Waals surface area contributed by atoms with Crippen LogP contribution in [0.15, 0.2) is 72.8 Å². The van der Waals surface area contributed by atoms with E-state index < -0.39 is 5.97 Å². The molecule has 0 unspecified atom stereocenters. The lowest BCUT2D eigenvalue weighted by Gasteiger charge is -2.12. The van der Waals surface area contributed by atoms with Crippen molar-refractivity contribution in [3.63, 3.8) is 0 Å². The van der Waals surface area contributed by atoms with Gasteiger partial charge in [-0.25, -0.2) is 4.79 Å². The summed E-state index contributed by atoms with van der Waals surface area (Å²) in [6.45, 7) is 0. The zero-order chi connectivity index (χ0) is 20.5. The maximum Gasteiger partial charge on any atom is 0.335 e. The van der Waals surface area contributed by atoms with Gasteiger partial charge < -0.3 is 20.4 Å².